The molecule has 0 aliphatic carbocycles. The number of nitrogens with one attached hydrogen (secondary N) is 1. The van der Waals surface area contributed by atoms with Gasteiger partial charge in [-0.3, -0.25) is 0 Å². The van der Waals surface area contributed by atoms with Crippen LogP contribution in [-0.4, -0.2) is 24.6 Å². The lowest BCUT2D eigenvalue weighted by atomic mass is 10.0. The van der Waals surface area contributed by atoms with E-state index in [4.69, 9.17) is 22.3 Å². The highest BCUT2D eigenvalue weighted by molar-refractivity contribution is 6.36. The number of benzene rings is 2. The fourth-order valence-corrected chi connectivity index (χ4v) is 3.91. The molecule has 0 spiro atoms. The molecule has 0 saturated heterocycles. The van der Waals surface area contributed by atoms with Crippen molar-refractivity contribution in [3.63, 3.8) is 0 Å². The Balaban J connectivity index is 1.76. The van der Waals surface area contributed by atoms with E-state index < -0.39 is 0 Å². The summed E-state index contributed by atoms with van der Waals surface area (Å²) < 4.78 is 0. The number of pyridine rings is 1. The number of hydrogen-bond donors (Lipinski definition) is 2. The Morgan fingerprint density at radius 2 is 1.96 bits per heavy atom. The highest BCUT2D eigenvalue weighted by atomic mass is 35.5. The van der Waals surface area contributed by atoms with Crippen LogP contribution in [0, 0.1) is 0 Å². The molecule has 2 aromatic carbocycles. The van der Waals surface area contributed by atoms with E-state index in [1.807, 2.05) is 18.2 Å². The van der Waals surface area contributed by atoms with Gasteiger partial charge < -0.3 is 16.0 Å². The standard InChI is InChI=1S/C21H23ClN4/c22-17-8-3-9-18-21(17)19(24-11-10-23)13-20(25-18)26-12-4-7-15-5-1-2-6-16(15)14-26/h1-3,5-6,8-9,13H,4,7,10-12,14,23H2,(H,24,25). The van der Waals surface area contributed by atoms with E-state index in [0.29, 0.717) is 18.1 Å². The normalized spacial score (nSPS) is 14.2. The van der Waals surface area contributed by atoms with E-state index in [9.17, 15) is 0 Å². The van der Waals surface area contributed by atoms with Gasteiger partial charge in [-0.1, -0.05) is 41.9 Å². The van der Waals surface area contributed by atoms with Crippen LogP contribution in [0.5, 0.6) is 0 Å². The fourth-order valence-electron chi connectivity index (χ4n) is 3.63. The summed E-state index contributed by atoms with van der Waals surface area (Å²) in [6.45, 7) is 3.14. The van der Waals surface area contributed by atoms with E-state index in [1.165, 1.54) is 11.1 Å². The number of rotatable bonds is 4. The first kappa shape index (κ1) is 17.1. The summed E-state index contributed by atoms with van der Waals surface area (Å²) in [4.78, 5) is 7.27. The number of fused-ring (bicyclic) bond motifs is 2. The molecule has 0 bridgehead atoms. The largest absolute Gasteiger partial charge is 0.383 e. The van der Waals surface area contributed by atoms with Crippen molar-refractivity contribution in [3.8, 4) is 0 Å². The summed E-state index contributed by atoms with van der Waals surface area (Å²) in [6.07, 6.45) is 2.24. The van der Waals surface area contributed by atoms with Crippen molar-refractivity contribution >= 4 is 34.0 Å². The summed E-state index contributed by atoms with van der Waals surface area (Å²) >= 11 is 6.45. The van der Waals surface area contributed by atoms with Gasteiger partial charge in [-0.15, -0.1) is 0 Å². The first-order valence-corrected chi connectivity index (χ1v) is 9.49. The van der Waals surface area contributed by atoms with Gasteiger partial charge in [0.05, 0.1) is 10.5 Å². The molecule has 0 amide bonds. The molecule has 4 nitrogen and oxygen atoms in total. The van der Waals surface area contributed by atoms with Gasteiger partial charge in [0, 0.05) is 43.3 Å². The van der Waals surface area contributed by atoms with Crippen LogP contribution >= 0.6 is 11.6 Å². The third kappa shape index (κ3) is 3.35. The van der Waals surface area contributed by atoms with Gasteiger partial charge in [0.2, 0.25) is 0 Å². The second-order valence-electron chi connectivity index (χ2n) is 6.67. The van der Waals surface area contributed by atoms with E-state index in [-0.39, 0.29) is 0 Å². The molecule has 0 saturated carbocycles. The van der Waals surface area contributed by atoms with Crippen LogP contribution < -0.4 is 16.0 Å². The van der Waals surface area contributed by atoms with E-state index in [0.717, 1.165) is 48.3 Å². The van der Waals surface area contributed by atoms with Crippen LogP contribution in [0.2, 0.25) is 5.02 Å². The van der Waals surface area contributed by atoms with Crippen molar-refractivity contribution in [3.05, 3.63) is 64.7 Å². The summed E-state index contributed by atoms with van der Waals surface area (Å²) in [6, 6.07) is 16.7. The summed E-state index contributed by atoms with van der Waals surface area (Å²) in [7, 11) is 0. The van der Waals surface area contributed by atoms with Crippen LogP contribution in [0.1, 0.15) is 17.5 Å². The Hall–Kier alpha value is -2.30. The zero-order valence-electron chi connectivity index (χ0n) is 14.7. The predicted molar refractivity (Wildman–Crippen MR) is 110 cm³/mol. The average Bonchev–Trinajstić information content (AvgIpc) is 2.88. The SMILES string of the molecule is NCCNc1cc(N2CCCc3ccccc3C2)nc2cccc(Cl)c12. The van der Waals surface area contributed by atoms with Crippen molar-refractivity contribution in [1.29, 1.82) is 0 Å². The van der Waals surface area contributed by atoms with Crippen molar-refractivity contribution in [2.75, 3.05) is 29.9 Å². The molecule has 2 heterocycles. The molecule has 1 aliphatic heterocycles. The van der Waals surface area contributed by atoms with Crippen LogP contribution in [-0.2, 0) is 13.0 Å². The van der Waals surface area contributed by atoms with Crippen molar-refractivity contribution in [1.82, 2.24) is 4.98 Å². The van der Waals surface area contributed by atoms with Gasteiger partial charge in [-0.2, -0.15) is 0 Å². The minimum atomic E-state index is 0.570. The molecular formula is C21H23ClN4. The highest BCUT2D eigenvalue weighted by Gasteiger charge is 2.18. The summed E-state index contributed by atoms with van der Waals surface area (Å²) in [5.74, 6) is 0.982. The maximum absolute atomic E-state index is 6.45. The molecule has 26 heavy (non-hydrogen) atoms. The number of nitrogens with zero attached hydrogens (tertiary/aromatic N) is 2. The second-order valence-corrected chi connectivity index (χ2v) is 7.08. The van der Waals surface area contributed by atoms with Crippen LogP contribution in [0.3, 0.4) is 0 Å². The molecule has 1 aromatic heterocycles. The molecule has 0 radical (unpaired) electrons. The first-order chi connectivity index (χ1) is 12.8. The molecule has 3 aromatic rings. The lowest BCUT2D eigenvalue weighted by Gasteiger charge is -2.24. The Kier molecular flexibility index (Phi) is 4.96. The number of halogens is 1. The molecule has 0 unspecified atom stereocenters. The van der Waals surface area contributed by atoms with Crippen LogP contribution in [0.25, 0.3) is 10.9 Å². The lowest BCUT2D eigenvalue weighted by molar-refractivity contribution is 0.756. The van der Waals surface area contributed by atoms with Crippen LogP contribution in [0.4, 0.5) is 11.5 Å². The van der Waals surface area contributed by atoms with Crippen LogP contribution in [0.15, 0.2) is 48.5 Å². The number of anilines is 2. The smallest absolute Gasteiger partial charge is 0.131 e. The molecule has 5 heteroatoms. The zero-order chi connectivity index (χ0) is 17.9. The molecular weight excluding hydrogens is 344 g/mol. The van der Waals surface area contributed by atoms with Gasteiger partial charge in [-0.25, -0.2) is 4.98 Å². The number of hydrogen-bond acceptors (Lipinski definition) is 4. The molecule has 1 aliphatic rings. The molecule has 0 fully saturated rings. The van der Waals surface area contributed by atoms with E-state index >= 15 is 0 Å². The fraction of sp³-hybridized carbons (Fsp3) is 0.286. The predicted octanol–water partition coefficient (Wildman–Crippen LogP) is 4.21. The Morgan fingerprint density at radius 1 is 1.12 bits per heavy atom. The molecule has 4 rings (SSSR count). The minimum Gasteiger partial charge on any atom is -0.383 e. The summed E-state index contributed by atoms with van der Waals surface area (Å²) in [5.41, 5.74) is 10.4. The van der Waals surface area contributed by atoms with E-state index in [1.54, 1.807) is 0 Å². The lowest BCUT2D eigenvalue weighted by Crippen LogP contribution is -2.24. The van der Waals surface area contributed by atoms with Gasteiger partial charge >= 0.3 is 0 Å². The monoisotopic (exact) mass is 366 g/mol. The molecule has 3 N–H and O–H groups in total. The maximum Gasteiger partial charge on any atom is 0.131 e. The first-order valence-electron chi connectivity index (χ1n) is 9.11. The Labute approximate surface area is 159 Å². The number of aromatic nitrogens is 1. The third-order valence-corrected chi connectivity index (χ3v) is 5.22. The molecule has 134 valence electrons. The number of nitrogens with two attached hydrogens (primary N) is 1. The van der Waals surface area contributed by atoms with Crippen molar-refractivity contribution in [2.24, 2.45) is 5.73 Å². The van der Waals surface area contributed by atoms with Crippen molar-refractivity contribution in [2.45, 2.75) is 19.4 Å². The minimum absolute atomic E-state index is 0.570. The number of aryl methyl sites for hydroxylation is 1. The Morgan fingerprint density at radius 3 is 2.81 bits per heavy atom. The zero-order valence-corrected chi connectivity index (χ0v) is 15.5. The maximum atomic E-state index is 6.45. The second kappa shape index (κ2) is 7.52. The topological polar surface area (TPSA) is 54.2 Å². The average molecular weight is 367 g/mol. The van der Waals surface area contributed by atoms with Gasteiger partial charge in [-0.05, 0) is 36.1 Å². The van der Waals surface area contributed by atoms with Crippen molar-refractivity contribution < 1.29 is 0 Å². The van der Waals surface area contributed by atoms with Gasteiger partial charge in [0.25, 0.3) is 0 Å². The third-order valence-electron chi connectivity index (χ3n) is 4.91. The Bertz CT molecular complexity index is 925. The van der Waals surface area contributed by atoms with E-state index in [2.05, 4.69) is 40.5 Å². The van der Waals surface area contributed by atoms with Gasteiger partial charge in [0.15, 0.2) is 0 Å². The molecule has 0 atom stereocenters. The summed E-state index contributed by atoms with van der Waals surface area (Å²) in [5, 5.41) is 5.09. The highest BCUT2D eigenvalue weighted by Crippen LogP contribution is 2.33. The quantitative estimate of drug-likeness (QED) is 0.726. The van der Waals surface area contributed by atoms with Gasteiger partial charge in [0.1, 0.15) is 5.82 Å².